The van der Waals surface area contributed by atoms with Crippen molar-refractivity contribution in [3.8, 4) is 55.6 Å². The molecule has 0 radical (unpaired) electrons. The van der Waals surface area contributed by atoms with Gasteiger partial charge in [-0.05, 0) is 112 Å². The Morgan fingerprint density at radius 3 is 1.67 bits per heavy atom. The normalized spacial score (nSPS) is 12.1. The van der Waals surface area contributed by atoms with E-state index in [9.17, 15) is 0 Å². The third-order valence-corrected chi connectivity index (χ3v) is 10.8. The highest BCUT2D eigenvalue weighted by Crippen LogP contribution is 2.55. The standard InChI is InChI=1S/C45H31Cl2N/c1-26-11-3-5-13-31(26)28-19-20-30-25-37-41(33-15-7-9-17-38(33)46)44-36-24-29(32-14-6-4-12-27(32)2)21-22-40(36)48-45(44)43(42(37)35(30)23-28)34-16-8-10-18-39(34)47/h3-24,48H,25H2,1-2H3. The molecule has 0 unspecified atom stereocenters. The number of nitrogens with one attached hydrogen (secondary N) is 1. The zero-order valence-electron chi connectivity index (χ0n) is 26.7. The summed E-state index contributed by atoms with van der Waals surface area (Å²) in [4.78, 5) is 3.91. The molecule has 48 heavy (non-hydrogen) atoms. The van der Waals surface area contributed by atoms with Crippen LogP contribution in [0.25, 0.3) is 77.4 Å². The molecule has 9 rings (SSSR count). The molecular weight excluding hydrogens is 625 g/mol. The summed E-state index contributed by atoms with van der Waals surface area (Å²) in [5.74, 6) is 0. The van der Waals surface area contributed by atoms with E-state index in [-0.39, 0.29) is 0 Å². The summed E-state index contributed by atoms with van der Waals surface area (Å²) in [7, 11) is 0. The minimum absolute atomic E-state index is 0.731. The van der Waals surface area contributed by atoms with Crippen molar-refractivity contribution in [2.45, 2.75) is 20.3 Å². The minimum Gasteiger partial charge on any atom is -0.354 e. The summed E-state index contributed by atoms with van der Waals surface area (Å²) in [6.07, 6.45) is 0.802. The molecule has 1 aliphatic carbocycles. The first-order valence-electron chi connectivity index (χ1n) is 16.4. The SMILES string of the molecule is Cc1ccccc1-c1ccc2c(c1)-c1c(c(-c3ccccc3Cl)c3c([nH]c4ccc(-c5ccccc5C)cc43)c1-c1ccccc1Cl)C2. The van der Waals surface area contributed by atoms with Gasteiger partial charge < -0.3 is 4.98 Å². The fourth-order valence-electron chi connectivity index (χ4n) is 7.84. The van der Waals surface area contributed by atoms with Crippen LogP contribution in [-0.2, 0) is 6.42 Å². The van der Waals surface area contributed by atoms with Crippen LogP contribution in [0, 0.1) is 13.8 Å². The van der Waals surface area contributed by atoms with Crippen LogP contribution in [-0.4, -0.2) is 4.98 Å². The highest BCUT2D eigenvalue weighted by atomic mass is 35.5. The predicted octanol–water partition coefficient (Wildman–Crippen LogP) is 13.5. The fourth-order valence-corrected chi connectivity index (χ4v) is 8.30. The number of aromatic amines is 1. The van der Waals surface area contributed by atoms with Gasteiger partial charge >= 0.3 is 0 Å². The largest absolute Gasteiger partial charge is 0.354 e. The van der Waals surface area contributed by atoms with Gasteiger partial charge in [0.2, 0.25) is 0 Å². The number of halogens is 2. The molecule has 0 spiro atoms. The lowest BCUT2D eigenvalue weighted by Crippen LogP contribution is -1.95. The van der Waals surface area contributed by atoms with Crippen molar-refractivity contribution in [2.24, 2.45) is 0 Å². The van der Waals surface area contributed by atoms with Crippen molar-refractivity contribution >= 4 is 45.0 Å². The summed E-state index contributed by atoms with van der Waals surface area (Å²) in [5, 5.41) is 3.82. The van der Waals surface area contributed by atoms with Crippen LogP contribution in [0.5, 0.6) is 0 Å². The van der Waals surface area contributed by atoms with E-state index < -0.39 is 0 Å². The lowest BCUT2D eigenvalue weighted by Gasteiger charge is -2.19. The van der Waals surface area contributed by atoms with Crippen molar-refractivity contribution in [3.63, 3.8) is 0 Å². The molecular formula is C45H31Cl2N. The molecule has 8 aromatic rings. The smallest absolute Gasteiger partial charge is 0.0557 e. The molecule has 0 saturated carbocycles. The van der Waals surface area contributed by atoms with Crippen LogP contribution in [0.2, 0.25) is 10.0 Å². The van der Waals surface area contributed by atoms with E-state index in [2.05, 4.69) is 128 Å². The van der Waals surface area contributed by atoms with Crippen LogP contribution in [0.15, 0.2) is 133 Å². The quantitative estimate of drug-likeness (QED) is 0.194. The number of aromatic nitrogens is 1. The van der Waals surface area contributed by atoms with Crippen molar-refractivity contribution in [1.82, 2.24) is 4.98 Å². The lowest BCUT2D eigenvalue weighted by molar-refractivity contribution is 1.27. The van der Waals surface area contributed by atoms with Crippen molar-refractivity contribution in [1.29, 1.82) is 0 Å². The number of hydrogen-bond acceptors (Lipinski definition) is 0. The van der Waals surface area contributed by atoms with Gasteiger partial charge in [0.15, 0.2) is 0 Å². The number of fused-ring (bicyclic) bond motifs is 6. The number of rotatable bonds is 4. The van der Waals surface area contributed by atoms with Gasteiger partial charge in [-0.15, -0.1) is 0 Å². The number of aryl methyl sites for hydroxylation is 2. The Morgan fingerprint density at radius 1 is 0.500 bits per heavy atom. The van der Waals surface area contributed by atoms with Crippen LogP contribution < -0.4 is 0 Å². The second kappa shape index (κ2) is 11.3. The Hall–Kier alpha value is -5.08. The second-order valence-electron chi connectivity index (χ2n) is 12.9. The molecule has 0 amide bonds. The molecule has 1 aliphatic rings. The Bertz CT molecular complexity index is 2590. The fraction of sp³-hybridized carbons (Fsp3) is 0.0667. The molecule has 7 aromatic carbocycles. The first-order chi connectivity index (χ1) is 23.5. The molecule has 230 valence electrons. The van der Waals surface area contributed by atoms with E-state index in [1.54, 1.807) is 0 Å². The van der Waals surface area contributed by atoms with E-state index in [1.165, 1.54) is 72.0 Å². The van der Waals surface area contributed by atoms with E-state index >= 15 is 0 Å². The monoisotopic (exact) mass is 655 g/mol. The second-order valence-corrected chi connectivity index (χ2v) is 13.7. The van der Waals surface area contributed by atoms with Gasteiger partial charge in [0, 0.05) is 43.0 Å². The van der Waals surface area contributed by atoms with Gasteiger partial charge in [-0.1, -0.05) is 126 Å². The topological polar surface area (TPSA) is 15.8 Å². The van der Waals surface area contributed by atoms with Crippen LogP contribution >= 0.6 is 23.2 Å². The van der Waals surface area contributed by atoms with E-state index in [1.807, 2.05) is 24.3 Å². The van der Waals surface area contributed by atoms with Gasteiger partial charge in [-0.25, -0.2) is 0 Å². The molecule has 1 heterocycles. The number of H-pyrrole nitrogens is 1. The summed E-state index contributed by atoms with van der Waals surface area (Å²) >= 11 is 14.2. The highest BCUT2D eigenvalue weighted by Gasteiger charge is 2.32. The van der Waals surface area contributed by atoms with E-state index in [0.29, 0.717) is 0 Å². The molecule has 0 fully saturated rings. The molecule has 0 atom stereocenters. The zero-order valence-corrected chi connectivity index (χ0v) is 28.2. The Balaban J connectivity index is 1.46. The highest BCUT2D eigenvalue weighted by molar-refractivity contribution is 6.36. The van der Waals surface area contributed by atoms with Gasteiger partial charge in [0.05, 0.1) is 5.52 Å². The third kappa shape index (κ3) is 4.46. The Morgan fingerprint density at radius 2 is 1.04 bits per heavy atom. The van der Waals surface area contributed by atoms with E-state index in [0.717, 1.165) is 44.2 Å². The molecule has 0 saturated heterocycles. The molecule has 0 bridgehead atoms. The van der Waals surface area contributed by atoms with Crippen molar-refractivity contribution in [2.75, 3.05) is 0 Å². The average molecular weight is 657 g/mol. The van der Waals surface area contributed by atoms with Gasteiger partial charge in [0.25, 0.3) is 0 Å². The van der Waals surface area contributed by atoms with Crippen LogP contribution in [0.3, 0.4) is 0 Å². The average Bonchev–Trinajstić information content (AvgIpc) is 3.67. The third-order valence-electron chi connectivity index (χ3n) is 10.1. The first-order valence-corrected chi connectivity index (χ1v) is 17.1. The number of hydrogen-bond donors (Lipinski definition) is 1. The molecule has 1 aromatic heterocycles. The maximum atomic E-state index is 7.11. The predicted molar refractivity (Wildman–Crippen MR) is 205 cm³/mol. The van der Waals surface area contributed by atoms with Crippen molar-refractivity contribution < 1.29 is 0 Å². The van der Waals surface area contributed by atoms with Gasteiger partial charge in [-0.3, -0.25) is 0 Å². The molecule has 3 heteroatoms. The lowest BCUT2D eigenvalue weighted by atomic mass is 9.84. The molecule has 1 N–H and O–H groups in total. The van der Waals surface area contributed by atoms with Crippen LogP contribution in [0.1, 0.15) is 22.3 Å². The molecule has 1 nitrogen and oxygen atoms in total. The summed E-state index contributed by atoms with van der Waals surface area (Å²) in [5.41, 5.74) is 19.0. The number of benzene rings is 7. The van der Waals surface area contributed by atoms with Crippen LogP contribution in [0.4, 0.5) is 0 Å². The molecule has 0 aliphatic heterocycles. The zero-order chi connectivity index (χ0) is 32.5. The van der Waals surface area contributed by atoms with Gasteiger partial charge in [0.1, 0.15) is 0 Å². The maximum Gasteiger partial charge on any atom is 0.0557 e. The van der Waals surface area contributed by atoms with Gasteiger partial charge in [-0.2, -0.15) is 0 Å². The summed E-state index contributed by atoms with van der Waals surface area (Å²) < 4.78 is 0. The minimum atomic E-state index is 0.731. The van der Waals surface area contributed by atoms with E-state index in [4.69, 9.17) is 23.2 Å². The maximum absolute atomic E-state index is 7.11. The Labute approximate surface area is 290 Å². The summed E-state index contributed by atoms with van der Waals surface area (Å²) in [6.45, 7) is 4.36. The first kappa shape index (κ1) is 29.1. The summed E-state index contributed by atoms with van der Waals surface area (Å²) in [6, 6.07) is 47.5. The van der Waals surface area contributed by atoms with Crippen molar-refractivity contribution in [3.05, 3.63) is 166 Å². The Kier molecular flexibility index (Phi) is 6.83.